The summed E-state index contributed by atoms with van der Waals surface area (Å²) in [6.07, 6.45) is 4.24. The van der Waals surface area contributed by atoms with E-state index in [1.165, 1.54) is 30.3 Å². The molecule has 2 aromatic rings. The van der Waals surface area contributed by atoms with E-state index in [4.69, 9.17) is 11.6 Å². The van der Waals surface area contributed by atoms with E-state index in [9.17, 15) is 26.8 Å². The molecule has 1 atom stereocenters. The van der Waals surface area contributed by atoms with E-state index in [0.29, 0.717) is 30.6 Å². The van der Waals surface area contributed by atoms with Gasteiger partial charge in [0.1, 0.15) is 5.82 Å². The summed E-state index contributed by atoms with van der Waals surface area (Å²) in [4.78, 5) is 27.0. The number of ketones is 1. The maximum absolute atomic E-state index is 14.6. The molecule has 188 valence electrons. The number of piperidine rings is 1. The lowest BCUT2D eigenvalue weighted by atomic mass is 9.83. The van der Waals surface area contributed by atoms with Crippen LogP contribution in [-0.2, 0) is 14.8 Å². The molecule has 0 bridgehead atoms. The van der Waals surface area contributed by atoms with Gasteiger partial charge in [-0.15, -0.1) is 0 Å². The zero-order valence-corrected chi connectivity index (χ0v) is 20.7. The minimum Gasteiger partial charge on any atom is -0.342 e. The molecule has 4 rings (SSSR count). The van der Waals surface area contributed by atoms with Crippen LogP contribution in [0.4, 0.5) is 8.78 Å². The first-order valence-electron chi connectivity index (χ1n) is 11.7. The Hall–Kier alpha value is -2.36. The van der Waals surface area contributed by atoms with Crippen molar-refractivity contribution >= 4 is 33.3 Å². The Morgan fingerprint density at radius 3 is 2.51 bits per heavy atom. The summed E-state index contributed by atoms with van der Waals surface area (Å²) < 4.78 is 55.8. The van der Waals surface area contributed by atoms with Crippen molar-refractivity contribution in [2.24, 2.45) is 11.8 Å². The Kier molecular flexibility index (Phi) is 7.88. The van der Waals surface area contributed by atoms with Gasteiger partial charge in [0.05, 0.1) is 22.9 Å². The van der Waals surface area contributed by atoms with E-state index in [1.54, 1.807) is 11.0 Å². The average Bonchev–Trinajstić information content (AvgIpc) is 2.78. The number of amides is 1. The Bertz CT molecular complexity index is 1230. The monoisotopic (exact) mass is 524 g/mol. The normalized spacial score (nSPS) is 18.8. The van der Waals surface area contributed by atoms with Crippen molar-refractivity contribution in [3.63, 3.8) is 0 Å². The Balaban J connectivity index is 1.40. The Morgan fingerprint density at radius 1 is 1.06 bits per heavy atom. The van der Waals surface area contributed by atoms with E-state index < -0.39 is 34.0 Å². The number of sulfonamides is 1. The molecule has 2 aromatic carbocycles. The third-order valence-electron chi connectivity index (χ3n) is 6.68. The number of carbonyl (C=O) groups excluding carboxylic acids is 2. The summed E-state index contributed by atoms with van der Waals surface area (Å²) in [7, 11) is -3.85. The van der Waals surface area contributed by atoms with Crippen molar-refractivity contribution in [2.45, 2.75) is 32.1 Å². The molecule has 1 saturated heterocycles. The van der Waals surface area contributed by atoms with Gasteiger partial charge in [0.25, 0.3) is 0 Å². The predicted molar refractivity (Wildman–Crippen MR) is 130 cm³/mol. The standard InChI is InChI=1S/C25H27ClF2N2O4S/c26-22-12-19(18-7-2-8-20(27)10-18)11-21(24(22)28)23(31)13-29-35(33,34)15-16-4-3-9-30(14-16)25(32)17-5-1-6-17/h2,7-8,10-12,16-17,29H,1,3-6,9,13-15H2. The summed E-state index contributed by atoms with van der Waals surface area (Å²) >= 11 is 5.96. The second-order valence-electron chi connectivity index (χ2n) is 9.28. The third kappa shape index (κ3) is 6.26. The Morgan fingerprint density at radius 2 is 1.83 bits per heavy atom. The molecule has 6 nitrogen and oxygen atoms in total. The SMILES string of the molecule is O=C(CNS(=O)(=O)CC1CCCN(C(=O)C2CCC2)C1)c1cc(-c2cccc(F)c2)cc(Cl)c1F. The number of rotatable bonds is 8. The highest BCUT2D eigenvalue weighted by atomic mass is 35.5. The van der Waals surface area contributed by atoms with Crippen LogP contribution >= 0.6 is 11.6 Å². The maximum Gasteiger partial charge on any atom is 0.225 e. The largest absolute Gasteiger partial charge is 0.342 e. The van der Waals surface area contributed by atoms with Gasteiger partial charge in [0, 0.05) is 19.0 Å². The summed E-state index contributed by atoms with van der Waals surface area (Å²) in [5.41, 5.74) is 0.356. The van der Waals surface area contributed by atoms with Crippen LogP contribution in [0, 0.1) is 23.5 Å². The fraction of sp³-hybridized carbons (Fsp3) is 0.440. The van der Waals surface area contributed by atoms with E-state index in [0.717, 1.165) is 25.7 Å². The number of likely N-dealkylation sites (tertiary alicyclic amines) is 1. The van der Waals surface area contributed by atoms with Gasteiger partial charge < -0.3 is 4.90 Å². The highest BCUT2D eigenvalue weighted by Crippen LogP contribution is 2.31. The number of hydrogen-bond acceptors (Lipinski definition) is 4. The number of hydrogen-bond donors (Lipinski definition) is 1. The fourth-order valence-electron chi connectivity index (χ4n) is 4.58. The van der Waals surface area contributed by atoms with Gasteiger partial charge in [0.15, 0.2) is 11.6 Å². The first kappa shape index (κ1) is 25.7. The number of nitrogens with one attached hydrogen (secondary N) is 1. The summed E-state index contributed by atoms with van der Waals surface area (Å²) in [6.45, 7) is 0.378. The van der Waals surface area contributed by atoms with Crippen LogP contribution in [0.1, 0.15) is 42.5 Å². The second kappa shape index (κ2) is 10.7. The molecule has 0 radical (unpaired) electrons. The van der Waals surface area contributed by atoms with Crippen molar-refractivity contribution < 1.29 is 26.8 Å². The first-order valence-corrected chi connectivity index (χ1v) is 13.7. The van der Waals surface area contributed by atoms with Gasteiger partial charge in [-0.2, -0.15) is 0 Å². The number of carbonyl (C=O) groups is 2. The van der Waals surface area contributed by atoms with Crippen molar-refractivity contribution in [1.82, 2.24) is 9.62 Å². The molecule has 1 saturated carbocycles. The zero-order chi connectivity index (χ0) is 25.2. The minimum absolute atomic E-state index is 0.0611. The van der Waals surface area contributed by atoms with Crippen LogP contribution in [0.3, 0.4) is 0 Å². The lowest BCUT2D eigenvalue weighted by molar-refractivity contribution is -0.139. The molecule has 0 spiro atoms. The number of nitrogens with zero attached hydrogens (tertiary/aromatic N) is 1. The van der Waals surface area contributed by atoms with Crippen LogP contribution < -0.4 is 4.72 Å². The molecule has 1 aliphatic carbocycles. The Labute approximate surface area is 208 Å². The molecule has 1 N–H and O–H groups in total. The van der Waals surface area contributed by atoms with Crippen LogP contribution in [0.2, 0.25) is 5.02 Å². The number of Topliss-reactive ketones (excluding diaryl/α,β-unsaturated/α-hetero) is 1. The first-order chi connectivity index (χ1) is 16.6. The maximum atomic E-state index is 14.6. The smallest absolute Gasteiger partial charge is 0.225 e. The van der Waals surface area contributed by atoms with Gasteiger partial charge >= 0.3 is 0 Å². The van der Waals surface area contributed by atoms with Gasteiger partial charge in [-0.1, -0.05) is 30.2 Å². The quantitative estimate of drug-likeness (QED) is 0.518. The molecule has 2 aliphatic rings. The molecule has 10 heteroatoms. The zero-order valence-electron chi connectivity index (χ0n) is 19.1. The third-order valence-corrected chi connectivity index (χ3v) is 8.45. The van der Waals surface area contributed by atoms with E-state index in [2.05, 4.69) is 4.72 Å². The molecular weight excluding hydrogens is 498 g/mol. The van der Waals surface area contributed by atoms with Crippen LogP contribution in [0.5, 0.6) is 0 Å². The lowest BCUT2D eigenvalue weighted by Gasteiger charge is -2.37. The molecule has 1 unspecified atom stereocenters. The predicted octanol–water partition coefficient (Wildman–Crippen LogP) is 4.43. The molecular formula is C25H27ClF2N2O4S. The topological polar surface area (TPSA) is 83.6 Å². The molecule has 1 aliphatic heterocycles. The van der Waals surface area contributed by atoms with Gasteiger partial charge in [-0.25, -0.2) is 21.9 Å². The number of benzene rings is 2. The highest BCUT2D eigenvalue weighted by Gasteiger charge is 2.33. The molecule has 35 heavy (non-hydrogen) atoms. The summed E-state index contributed by atoms with van der Waals surface area (Å²) in [6, 6.07) is 8.06. The van der Waals surface area contributed by atoms with E-state index in [1.807, 2.05) is 0 Å². The van der Waals surface area contributed by atoms with Gasteiger partial charge in [-0.05, 0) is 67.0 Å². The summed E-state index contributed by atoms with van der Waals surface area (Å²) in [5, 5.41) is -0.323. The molecule has 1 heterocycles. The van der Waals surface area contributed by atoms with Crippen LogP contribution in [0.15, 0.2) is 36.4 Å². The van der Waals surface area contributed by atoms with Gasteiger partial charge in [0.2, 0.25) is 15.9 Å². The number of halogens is 3. The highest BCUT2D eigenvalue weighted by molar-refractivity contribution is 7.89. The molecule has 2 fully saturated rings. The second-order valence-corrected chi connectivity index (χ2v) is 11.5. The van der Waals surface area contributed by atoms with Crippen molar-refractivity contribution in [2.75, 3.05) is 25.4 Å². The van der Waals surface area contributed by atoms with Crippen LogP contribution in [0.25, 0.3) is 11.1 Å². The van der Waals surface area contributed by atoms with E-state index >= 15 is 0 Å². The van der Waals surface area contributed by atoms with Crippen molar-refractivity contribution in [3.8, 4) is 11.1 Å². The van der Waals surface area contributed by atoms with E-state index in [-0.39, 0.29) is 34.1 Å². The fourth-order valence-corrected chi connectivity index (χ4v) is 6.16. The van der Waals surface area contributed by atoms with Crippen molar-refractivity contribution in [1.29, 1.82) is 0 Å². The average molecular weight is 525 g/mol. The molecule has 0 aromatic heterocycles. The summed E-state index contributed by atoms with van der Waals surface area (Å²) in [5.74, 6) is -2.55. The van der Waals surface area contributed by atoms with Crippen molar-refractivity contribution in [3.05, 3.63) is 58.6 Å². The molecule has 1 amide bonds. The minimum atomic E-state index is -3.85. The van der Waals surface area contributed by atoms with Gasteiger partial charge in [-0.3, -0.25) is 9.59 Å². The lowest BCUT2D eigenvalue weighted by Crippen LogP contribution is -2.46. The van der Waals surface area contributed by atoms with Crippen LogP contribution in [-0.4, -0.2) is 50.4 Å².